The smallest absolute Gasteiger partial charge is 0.407 e. The molecule has 4 unspecified atom stereocenters. The molecule has 2 saturated carbocycles. The van der Waals surface area contributed by atoms with E-state index in [2.05, 4.69) is 20.9 Å². The molecule has 0 bridgehead atoms. The summed E-state index contributed by atoms with van der Waals surface area (Å²) in [4.78, 5) is 16.0. The molecule has 0 heterocycles. The zero-order valence-electron chi connectivity index (χ0n) is 16.7. The summed E-state index contributed by atoms with van der Waals surface area (Å²) in [5, 5.41) is 10.0. The number of halogens is 1. The quantitative estimate of drug-likeness (QED) is 0.263. The molecule has 2 aliphatic carbocycles. The molecule has 0 radical (unpaired) electrons. The van der Waals surface area contributed by atoms with Gasteiger partial charge in [-0.3, -0.25) is 9.20 Å². The van der Waals surface area contributed by atoms with Crippen LogP contribution in [0.3, 0.4) is 0 Å². The van der Waals surface area contributed by atoms with Crippen molar-refractivity contribution in [1.82, 2.24) is 16.0 Å². The Morgan fingerprint density at radius 3 is 2.59 bits per heavy atom. The first-order valence-electron chi connectivity index (χ1n) is 9.84. The van der Waals surface area contributed by atoms with E-state index in [4.69, 9.17) is 4.74 Å². The van der Waals surface area contributed by atoms with Gasteiger partial charge in [0.1, 0.15) is 0 Å². The third-order valence-corrected chi connectivity index (χ3v) is 6.85. The molecular weight excluding hydrogens is 479 g/mol. The summed E-state index contributed by atoms with van der Waals surface area (Å²) >= 11 is 0. The van der Waals surface area contributed by atoms with Crippen molar-refractivity contribution in [2.75, 3.05) is 26.0 Å². The summed E-state index contributed by atoms with van der Waals surface area (Å²) in [5.74, 6) is 1.98. The van der Waals surface area contributed by atoms with E-state index in [9.17, 15) is 9.00 Å². The van der Waals surface area contributed by atoms with Crippen LogP contribution in [0.1, 0.15) is 52.4 Å². The van der Waals surface area contributed by atoms with Crippen LogP contribution in [-0.4, -0.2) is 59.5 Å². The zero-order chi connectivity index (χ0) is 18.9. The number of rotatable bonds is 8. The number of amides is 1. The Labute approximate surface area is 182 Å². The van der Waals surface area contributed by atoms with Crippen LogP contribution in [0.15, 0.2) is 4.99 Å². The summed E-state index contributed by atoms with van der Waals surface area (Å²) in [6.45, 7) is 4.79. The van der Waals surface area contributed by atoms with Crippen LogP contribution in [-0.2, 0) is 15.5 Å². The molecule has 7 nitrogen and oxygen atoms in total. The lowest BCUT2D eigenvalue weighted by Crippen LogP contribution is -2.51. The third kappa shape index (κ3) is 8.53. The number of nitrogens with one attached hydrogen (secondary N) is 3. The van der Waals surface area contributed by atoms with E-state index in [0.717, 1.165) is 50.2 Å². The molecule has 3 N–H and O–H groups in total. The van der Waals surface area contributed by atoms with Crippen molar-refractivity contribution in [2.45, 2.75) is 69.7 Å². The number of aliphatic imine (C=N–C) groups is 1. The number of alkyl carbamates (subject to hydrolysis) is 1. The normalized spacial score (nSPS) is 24.9. The van der Waals surface area contributed by atoms with Gasteiger partial charge in [-0.2, -0.15) is 0 Å². The number of nitrogens with zero attached hydrogens (tertiary/aromatic N) is 1. The summed E-state index contributed by atoms with van der Waals surface area (Å²) < 4.78 is 17.1. The van der Waals surface area contributed by atoms with Gasteiger partial charge in [-0.05, 0) is 44.9 Å². The van der Waals surface area contributed by atoms with Gasteiger partial charge >= 0.3 is 6.09 Å². The molecule has 0 saturated heterocycles. The highest BCUT2D eigenvalue weighted by molar-refractivity contribution is 14.0. The van der Waals surface area contributed by atoms with Gasteiger partial charge < -0.3 is 20.7 Å². The molecule has 0 aliphatic heterocycles. The Morgan fingerprint density at radius 2 is 2.00 bits per heavy atom. The SMILES string of the molecule is CCOC(=O)NC(CNC(=NC)NC1CCCC(S(=O)CC)C1)C1CC1.I. The minimum atomic E-state index is -0.730. The number of hydrogen-bond donors (Lipinski definition) is 3. The first kappa shape index (κ1) is 24.5. The van der Waals surface area contributed by atoms with Crippen molar-refractivity contribution in [3.05, 3.63) is 0 Å². The Morgan fingerprint density at radius 1 is 1.26 bits per heavy atom. The topological polar surface area (TPSA) is 91.8 Å². The molecule has 0 aromatic heterocycles. The number of hydrogen-bond acceptors (Lipinski definition) is 4. The highest BCUT2D eigenvalue weighted by Crippen LogP contribution is 2.32. The largest absolute Gasteiger partial charge is 0.450 e. The third-order valence-electron chi connectivity index (χ3n) is 5.11. The van der Waals surface area contributed by atoms with E-state index in [0.29, 0.717) is 25.1 Å². The Hall–Kier alpha value is -0.580. The summed E-state index contributed by atoms with van der Waals surface area (Å²) in [6, 6.07) is 0.354. The molecule has 0 spiro atoms. The average molecular weight is 514 g/mol. The maximum atomic E-state index is 12.1. The van der Waals surface area contributed by atoms with Crippen molar-refractivity contribution in [3.63, 3.8) is 0 Å². The fourth-order valence-electron chi connectivity index (χ4n) is 3.50. The molecule has 1 amide bonds. The molecular formula is C18H35IN4O3S. The van der Waals surface area contributed by atoms with Gasteiger partial charge in [0, 0.05) is 41.4 Å². The Bertz CT molecular complexity index is 517. The van der Waals surface area contributed by atoms with Gasteiger partial charge in [-0.1, -0.05) is 13.3 Å². The summed E-state index contributed by atoms with van der Waals surface area (Å²) in [7, 11) is 1.02. The maximum Gasteiger partial charge on any atom is 0.407 e. The van der Waals surface area contributed by atoms with Gasteiger partial charge in [0.05, 0.1) is 12.6 Å². The first-order valence-corrected chi connectivity index (χ1v) is 11.2. The van der Waals surface area contributed by atoms with Gasteiger partial charge in [0.15, 0.2) is 5.96 Å². The van der Waals surface area contributed by atoms with Crippen molar-refractivity contribution in [1.29, 1.82) is 0 Å². The van der Waals surface area contributed by atoms with E-state index in [1.165, 1.54) is 0 Å². The minimum absolute atomic E-state index is 0. The van der Waals surface area contributed by atoms with Crippen LogP contribution < -0.4 is 16.0 Å². The number of guanidine groups is 1. The van der Waals surface area contributed by atoms with Crippen molar-refractivity contribution >= 4 is 46.8 Å². The molecule has 2 aliphatic rings. The van der Waals surface area contributed by atoms with Crippen LogP contribution in [0, 0.1) is 5.92 Å². The monoisotopic (exact) mass is 514 g/mol. The van der Waals surface area contributed by atoms with Crippen LogP contribution in [0.4, 0.5) is 4.79 Å². The van der Waals surface area contributed by atoms with E-state index >= 15 is 0 Å². The molecule has 27 heavy (non-hydrogen) atoms. The van der Waals surface area contributed by atoms with Crippen molar-refractivity contribution < 1.29 is 13.7 Å². The van der Waals surface area contributed by atoms with Crippen molar-refractivity contribution in [3.8, 4) is 0 Å². The fourth-order valence-corrected chi connectivity index (χ4v) is 4.85. The van der Waals surface area contributed by atoms with Gasteiger partial charge in [0.25, 0.3) is 0 Å². The highest BCUT2D eigenvalue weighted by atomic mass is 127. The van der Waals surface area contributed by atoms with Gasteiger partial charge in [0.2, 0.25) is 0 Å². The van der Waals surface area contributed by atoms with Crippen LogP contribution >= 0.6 is 24.0 Å². The standard InChI is InChI=1S/C18H34N4O3S.HI/c1-4-25-18(23)22-16(13-9-10-13)12-20-17(19-3)21-14-7-6-8-15(11-14)26(24)5-2;/h13-16H,4-12H2,1-3H3,(H,22,23)(H2,19,20,21);1H. The van der Waals surface area contributed by atoms with Crippen LogP contribution in [0.25, 0.3) is 0 Å². The Kier molecular flexibility index (Phi) is 11.6. The highest BCUT2D eigenvalue weighted by Gasteiger charge is 2.33. The molecule has 0 aromatic carbocycles. The molecule has 9 heteroatoms. The number of carbonyl (C=O) groups is 1. The van der Waals surface area contributed by atoms with Gasteiger partial charge in [-0.15, -0.1) is 24.0 Å². The van der Waals surface area contributed by atoms with E-state index in [-0.39, 0.29) is 41.4 Å². The second-order valence-corrected chi connectivity index (χ2v) is 9.07. The van der Waals surface area contributed by atoms with Crippen LogP contribution in [0.2, 0.25) is 0 Å². The summed E-state index contributed by atoms with van der Waals surface area (Å²) in [6.07, 6.45) is 6.07. The van der Waals surface area contributed by atoms with Crippen LogP contribution in [0.5, 0.6) is 0 Å². The van der Waals surface area contributed by atoms with E-state index in [1.54, 1.807) is 14.0 Å². The molecule has 2 rings (SSSR count). The molecule has 2 fully saturated rings. The zero-order valence-corrected chi connectivity index (χ0v) is 19.8. The average Bonchev–Trinajstić information content (AvgIpc) is 3.48. The first-order chi connectivity index (χ1) is 12.6. The second kappa shape index (κ2) is 12.8. The minimum Gasteiger partial charge on any atom is -0.450 e. The molecule has 158 valence electrons. The predicted octanol–water partition coefficient (Wildman–Crippen LogP) is 2.37. The van der Waals surface area contributed by atoms with Gasteiger partial charge in [-0.25, -0.2) is 4.79 Å². The second-order valence-electron chi connectivity index (χ2n) is 7.06. The molecule has 0 aromatic rings. The Balaban J connectivity index is 0.00000364. The summed E-state index contributed by atoms with van der Waals surface area (Å²) in [5.41, 5.74) is 0. The molecule has 4 atom stereocenters. The lowest BCUT2D eigenvalue weighted by atomic mass is 9.95. The van der Waals surface area contributed by atoms with E-state index in [1.807, 2.05) is 6.92 Å². The lowest BCUT2D eigenvalue weighted by molar-refractivity contribution is 0.146. The van der Waals surface area contributed by atoms with Crippen molar-refractivity contribution in [2.24, 2.45) is 10.9 Å². The van der Waals surface area contributed by atoms with E-state index < -0.39 is 10.8 Å². The number of ether oxygens (including phenoxy) is 1. The maximum absolute atomic E-state index is 12.1. The lowest BCUT2D eigenvalue weighted by Gasteiger charge is -2.30. The number of carbonyl (C=O) groups excluding carboxylic acids is 1. The fraction of sp³-hybridized carbons (Fsp3) is 0.889. The predicted molar refractivity (Wildman–Crippen MR) is 121 cm³/mol.